The summed E-state index contributed by atoms with van der Waals surface area (Å²) >= 11 is 1.38. The molecule has 0 aliphatic rings. The van der Waals surface area contributed by atoms with Crippen LogP contribution in [0.3, 0.4) is 0 Å². The molecule has 3 aromatic rings. The Labute approximate surface area is 124 Å². The van der Waals surface area contributed by atoms with Gasteiger partial charge in [0.25, 0.3) is 0 Å². The maximum absolute atomic E-state index is 11.3. The first-order valence-electron chi connectivity index (χ1n) is 6.12. The quantitative estimate of drug-likeness (QED) is 0.676. The van der Waals surface area contributed by atoms with Gasteiger partial charge < -0.3 is 4.74 Å². The maximum Gasteiger partial charge on any atom is 0.327 e. The molecule has 0 fully saturated rings. The minimum Gasteiger partial charge on any atom is -0.468 e. The van der Waals surface area contributed by atoms with Crippen LogP contribution in [0.25, 0.3) is 10.9 Å². The topological polar surface area (TPSA) is 82.8 Å². The highest BCUT2D eigenvalue weighted by molar-refractivity contribution is 7.99. The minimum absolute atomic E-state index is 0.0190. The molecule has 0 aliphatic heterocycles. The molecule has 0 amide bonds. The van der Waals surface area contributed by atoms with Crippen LogP contribution in [0.15, 0.2) is 46.6 Å². The Kier molecular flexibility index (Phi) is 3.78. The Bertz CT molecular complexity index is 784. The monoisotopic (exact) mass is 301 g/mol. The van der Waals surface area contributed by atoms with Gasteiger partial charge in [-0.05, 0) is 34.3 Å². The van der Waals surface area contributed by atoms with Crippen LogP contribution >= 0.6 is 11.8 Å². The number of aromatic nitrogens is 5. The number of methoxy groups -OCH3 is 1. The van der Waals surface area contributed by atoms with Crippen molar-refractivity contribution in [2.75, 3.05) is 7.11 Å². The molecule has 0 N–H and O–H groups in total. The van der Waals surface area contributed by atoms with Crippen LogP contribution < -0.4 is 0 Å². The highest BCUT2D eigenvalue weighted by Gasteiger charge is 2.13. The molecular weight excluding hydrogens is 290 g/mol. The standard InChI is InChI=1S/C13H11N5O2S/c1-20-12(19)8-18-13(15-16-17-18)21-11-6-7-14-10-5-3-2-4-9(10)11/h2-7H,8H2,1H3. The number of rotatable bonds is 4. The van der Waals surface area contributed by atoms with Crippen molar-refractivity contribution in [3.8, 4) is 0 Å². The molecule has 3 rings (SSSR count). The molecule has 0 spiro atoms. The van der Waals surface area contributed by atoms with E-state index in [9.17, 15) is 4.79 Å². The van der Waals surface area contributed by atoms with Crippen molar-refractivity contribution in [2.45, 2.75) is 16.6 Å². The number of pyridine rings is 1. The number of benzene rings is 1. The summed E-state index contributed by atoms with van der Waals surface area (Å²) in [6, 6.07) is 9.71. The van der Waals surface area contributed by atoms with Crippen LogP contribution in [0.1, 0.15) is 0 Å². The average molecular weight is 301 g/mol. The SMILES string of the molecule is COC(=O)Cn1nnnc1Sc1ccnc2ccccc12. The number of nitrogens with zero attached hydrogens (tertiary/aromatic N) is 5. The normalized spacial score (nSPS) is 10.7. The van der Waals surface area contributed by atoms with Crippen molar-refractivity contribution >= 4 is 28.6 Å². The van der Waals surface area contributed by atoms with E-state index in [0.717, 1.165) is 15.8 Å². The third kappa shape index (κ3) is 2.84. The molecule has 0 bridgehead atoms. The number of esters is 1. The zero-order valence-electron chi connectivity index (χ0n) is 11.1. The molecule has 7 nitrogen and oxygen atoms in total. The van der Waals surface area contributed by atoms with Gasteiger partial charge in [-0.25, -0.2) is 4.68 Å². The summed E-state index contributed by atoms with van der Waals surface area (Å²) in [6.45, 7) is -0.0190. The van der Waals surface area contributed by atoms with Crippen molar-refractivity contribution in [1.82, 2.24) is 25.2 Å². The van der Waals surface area contributed by atoms with Gasteiger partial charge in [0.15, 0.2) is 0 Å². The van der Waals surface area contributed by atoms with E-state index in [1.54, 1.807) is 6.20 Å². The van der Waals surface area contributed by atoms with E-state index in [1.165, 1.54) is 23.6 Å². The summed E-state index contributed by atoms with van der Waals surface area (Å²) in [6.07, 6.45) is 1.74. The Morgan fingerprint density at radius 1 is 1.33 bits per heavy atom. The van der Waals surface area contributed by atoms with Crippen LogP contribution in [0.5, 0.6) is 0 Å². The van der Waals surface area contributed by atoms with Gasteiger partial charge in [-0.1, -0.05) is 18.2 Å². The zero-order valence-corrected chi connectivity index (χ0v) is 11.9. The molecule has 21 heavy (non-hydrogen) atoms. The molecule has 0 radical (unpaired) electrons. The van der Waals surface area contributed by atoms with E-state index in [-0.39, 0.29) is 6.54 Å². The fourth-order valence-electron chi connectivity index (χ4n) is 1.81. The second kappa shape index (κ2) is 5.88. The summed E-state index contributed by atoms with van der Waals surface area (Å²) in [5.41, 5.74) is 0.898. The van der Waals surface area contributed by atoms with E-state index in [1.807, 2.05) is 30.3 Å². The second-order valence-corrected chi connectivity index (χ2v) is 5.13. The molecule has 0 saturated heterocycles. The third-order valence-electron chi connectivity index (χ3n) is 2.82. The van der Waals surface area contributed by atoms with Crippen LogP contribution in [0.2, 0.25) is 0 Å². The number of hydrogen-bond acceptors (Lipinski definition) is 7. The van der Waals surface area contributed by atoms with E-state index in [4.69, 9.17) is 0 Å². The molecule has 0 unspecified atom stereocenters. The van der Waals surface area contributed by atoms with Gasteiger partial charge in [0.2, 0.25) is 5.16 Å². The van der Waals surface area contributed by atoms with Gasteiger partial charge in [-0.2, -0.15) is 0 Å². The molecule has 0 atom stereocenters. The summed E-state index contributed by atoms with van der Waals surface area (Å²) < 4.78 is 6.03. The first kappa shape index (κ1) is 13.5. The summed E-state index contributed by atoms with van der Waals surface area (Å²) in [4.78, 5) is 16.6. The van der Waals surface area contributed by atoms with Crippen LogP contribution in [0, 0.1) is 0 Å². The lowest BCUT2D eigenvalue weighted by Gasteiger charge is -2.05. The first-order chi connectivity index (χ1) is 10.3. The lowest BCUT2D eigenvalue weighted by Crippen LogP contribution is -2.13. The first-order valence-corrected chi connectivity index (χ1v) is 6.94. The Balaban J connectivity index is 1.93. The van der Waals surface area contributed by atoms with E-state index < -0.39 is 5.97 Å². The number of carbonyl (C=O) groups excluding carboxylic acids is 1. The predicted octanol–water partition coefficient (Wildman–Crippen LogP) is 1.55. The maximum atomic E-state index is 11.3. The molecule has 8 heteroatoms. The smallest absolute Gasteiger partial charge is 0.327 e. The number of ether oxygens (including phenoxy) is 1. The van der Waals surface area contributed by atoms with Crippen molar-refractivity contribution in [3.05, 3.63) is 36.5 Å². The lowest BCUT2D eigenvalue weighted by molar-refractivity contribution is -0.141. The fourth-order valence-corrected chi connectivity index (χ4v) is 2.70. The molecule has 2 heterocycles. The third-order valence-corrected chi connectivity index (χ3v) is 3.87. The van der Waals surface area contributed by atoms with Gasteiger partial charge >= 0.3 is 5.97 Å². The molecule has 0 aliphatic carbocycles. The number of hydrogen-bond donors (Lipinski definition) is 0. The number of fused-ring (bicyclic) bond motifs is 1. The number of carbonyl (C=O) groups is 1. The average Bonchev–Trinajstić information content (AvgIpc) is 2.94. The lowest BCUT2D eigenvalue weighted by atomic mass is 10.2. The minimum atomic E-state index is -0.399. The predicted molar refractivity (Wildman–Crippen MR) is 75.7 cm³/mol. The van der Waals surface area contributed by atoms with Gasteiger partial charge in [0.05, 0.1) is 12.6 Å². The number of tetrazole rings is 1. The molecule has 2 aromatic heterocycles. The largest absolute Gasteiger partial charge is 0.468 e. The highest BCUT2D eigenvalue weighted by Crippen LogP contribution is 2.30. The molecule has 0 saturated carbocycles. The summed E-state index contributed by atoms with van der Waals surface area (Å²) in [5, 5.41) is 12.9. The van der Waals surface area contributed by atoms with Gasteiger partial charge in [0, 0.05) is 16.5 Å². The number of para-hydroxylation sites is 1. The molecular formula is C13H11N5O2S. The Morgan fingerprint density at radius 2 is 2.19 bits per heavy atom. The van der Waals surface area contributed by atoms with Gasteiger partial charge in [-0.3, -0.25) is 9.78 Å². The van der Waals surface area contributed by atoms with Crippen molar-refractivity contribution in [2.24, 2.45) is 0 Å². The van der Waals surface area contributed by atoms with E-state index in [0.29, 0.717) is 5.16 Å². The van der Waals surface area contributed by atoms with E-state index in [2.05, 4.69) is 25.2 Å². The second-order valence-electron chi connectivity index (χ2n) is 4.12. The van der Waals surface area contributed by atoms with Crippen LogP contribution in [-0.4, -0.2) is 38.3 Å². The fraction of sp³-hybridized carbons (Fsp3) is 0.154. The van der Waals surface area contributed by atoms with Gasteiger partial charge in [-0.15, -0.1) is 5.10 Å². The van der Waals surface area contributed by atoms with Crippen molar-refractivity contribution in [1.29, 1.82) is 0 Å². The van der Waals surface area contributed by atoms with Gasteiger partial charge in [0.1, 0.15) is 6.54 Å². The Morgan fingerprint density at radius 3 is 3.05 bits per heavy atom. The zero-order chi connectivity index (χ0) is 14.7. The van der Waals surface area contributed by atoms with Crippen molar-refractivity contribution < 1.29 is 9.53 Å². The van der Waals surface area contributed by atoms with Crippen LogP contribution in [0.4, 0.5) is 0 Å². The van der Waals surface area contributed by atoms with E-state index >= 15 is 0 Å². The summed E-state index contributed by atoms with van der Waals surface area (Å²) in [5.74, 6) is -0.399. The van der Waals surface area contributed by atoms with Crippen LogP contribution in [-0.2, 0) is 16.1 Å². The molecule has 1 aromatic carbocycles. The highest BCUT2D eigenvalue weighted by atomic mass is 32.2. The summed E-state index contributed by atoms with van der Waals surface area (Å²) in [7, 11) is 1.33. The molecule has 106 valence electrons. The van der Waals surface area contributed by atoms with Crippen molar-refractivity contribution in [3.63, 3.8) is 0 Å². The Hall–Kier alpha value is -2.48.